The normalized spacial score (nSPS) is 21.9. The Hall–Kier alpha value is -0.500. The molecule has 3 rings (SSSR count). The van der Waals surface area contributed by atoms with Gasteiger partial charge in [-0.05, 0) is 49.9 Å². The first-order chi connectivity index (χ1) is 8.10. The minimum Gasteiger partial charge on any atom is -0.370 e. The van der Waals surface area contributed by atoms with E-state index >= 15 is 0 Å². The summed E-state index contributed by atoms with van der Waals surface area (Å²) in [5.41, 5.74) is 4.98. The molecule has 0 unspecified atom stereocenters. The Morgan fingerprint density at radius 1 is 1.06 bits per heavy atom. The van der Waals surface area contributed by atoms with Crippen LogP contribution in [0.25, 0.3) is 0 Å². The molecule has 1 aromatic carbocycles. The molecule has 0 atom stereocenters. The second-order valence-electron chi connectivity index (χ2n) is 5.95. The van der Waals surface area contributed by atoms with Crippen molar-refractivity contribution in [3.8, 4) is 0 Å². The van der Waals surface area contributed by atoms with E-state index in [4.69, 9.17) is 0 Å². The first-order valence-corrected chi connectivity index (χ1v) is 7.41. The lowest BCUT2D eigenvalue weighted by atomic mass is 9.77. The van der Waals surface area contributed by atoms with Gasteiger partial charge in [0.2, 0.25) is 0 Å². The Labute approximate surface area is 112 Å². The fraction of sp³-hybridized carbons (Fsp3) is 0.600. The van der Waals surface area contributed by atoms with E-state index < -0.39 is 0 Å². The third-order valence-corrected chi connectivity index (χ3v) is 4.95. The van der Waals surface area contributed by atoms with E-state index in [1.165, 1.54) is 60.1 Å². The lowest BCUT2D eigenvalue weighted by molar-refractivity contribution is 0.221. The molecular formula is C15H20BrN. The molecule has 1 aliphatic heterocycles. The zero-order valence-corrected chi connectivity index (χ0v) is 12.3. The van der Waals surface area contributed by atoms with Gasteiger partial charge in [0.05, 0.1) is 0 Å². The first-order valence-electron chi connectivity index (χ1n) is 6.61. The van der Waals surface area contributed by atoms with Crippen LogP contribution in [-0.4, -0.2) is 13.1 Å². The Balaban J connectivity index is 1.83. The SMILES string of the molecule is Cc1cc(Br)cc(C)c1N1CC2(CCCC2)C1. The van der Waals surface area contributed by atoms with Crippen LogP contribution in [-0.2, 0) is 0 Å². The van der Waals surface area contributed by atoms with Crippen molar-refractivity contribution in [1.29, 1.82) is 0 Å². The van der Waals surface area contributed by atoms with E-state index in [9.17, 15) is 0 Å². The minimum absolute atomic E-state index is 0.686. The van der Waals surface area contributed by atoms with Gasteiger partial charge < -0.3 is 4.90 Å². The molecule has 1 aromatic rings. The smallest absolute Gasteiger partial charge is 0.0426 e. The van der Waals surface area contributed by atoms with Gasteiger partial charge >= 0.3 is 0 Å². The summed E-state index contributed by atoms with van der Waals surface area (Å²) in [4.78, 5) is 2.59. The monoisotopic (exact) mass is 293 g/mol. The molecule has 1 spiro atoms. The summed E-state index contributed by atoms with van der Waals surface area (Å²) in [7, 11) is 0. The molecule has 1 aliphatic carbocycles. The maximum absolute atomic E-state index is 3.58. The molecule has 1 heterocycles. The summed E-state index contributed by atoms with van der Waals surface area (Å²) in [5, 5.41) is 0. The van der Waals surface area contributed by atoms with Crippen molar-refractivity contribution >= 4 is 21.6 Å². The summed E-state index contributed by atoms with van der Waals surface area (Å²) < 4.78 is 1.20. The summed E-state index contributed by atoms with van der Waals surface area (Å²) in [5.74, 6) is 0. The van der Waals surface area contributed by atoms with E-state index in [1.54, 1.807) is 0 Å². The van der Waals surface area contributed by atoms with E-state index in [1.807, 2.05) is 0 Å². The average Bonchev–Trinajstić information content (AvgIpc) is 2.63. The molecule has 1 nitrogen and oxygen atoms in total. The highest BCUT2D eigenvalue weighted by atomic mass is 79.9. The molecule has 0 bridgehead atoms. The van der Waals surface area contributed by atoms with Gasteiger partial charge in [-0.2, -0.15) is 0 Å². The van der Waals surface area contributed by atoms with Crippen LogP contribution in [0.4, 0.5) is 5.69 Å². The Morgan fingerprint density at radius 3 is 2.12 bits per heavy atom. The van der Waals surface area contributed by atoms with Crippen LogP contribution in [0.3, 0.4) is 0 Å². The summed E-state index contributed by atoms with van der Waals surface area (Å²) in [6, 6.07) is 4.48. The van der Waals surface area contributed by atoms with Gasteiger partial charge in [0.25, 0.3) is 0 Å². The van der Waals surface area contributed by atoms with Crippen LogP contribution >= 0.6 is 15.9 Å². The molecule has 2 aliphatic rings. The minimum atomic E-state index is 0.686. The highest BCUT2D eigenvalue weighted by Crippen LogP contribution is 2.48. The number of benzene rings is 1. The van der Waals surface area contributed by atoms with Crippen molar-refractivity contribution in [2.45, 2.75) is 39.5 Å². The summed E-state index contributed by atoms with van der Waals surface area (Å²) in [6.45, 7) is 7.03. The summed E-state index contributed by atoms with van der Waals surface area (Å²) in [6.07, 6.45) is 5.81. The predicted octanol–water partition coefficient (Wildman–Crippen LogP) is 4.45. The molecule has 0 amide bonds. The maximum Gasteiger partial charge on any atom is 0.0426 e. The van der Waals surface area contributed by atoms with Gasteiger partial charge in [0, 0.05) is 28.7 Å². The molecule has 0 radical (unpaired) electrons. The molecule has 2 fully saturated rings. The Morgan fingerprint density at radius 2 is 1.59 bits per heavy atom. The molecule has 0 N–H and O–H groups in total. The van der Waals surface area contributed by atoms with Crippen LogP contribution in [0.2, 0.25) is 0 Å². The van der Waals surface area contributed by atoms with E-state index in [0.29, 0.717) is 5.41 Å². The highest BCUT2D eigenvalue weighted by Gasteiger charge is 2.45. The van der Waals surface area contributed by atoms with E-state index in [-0.39, 0.29) is 0 Å². The number of anilines is 1. The lowest BCUT2D eigenvalue weighted by Gasteiger charge is -2.50. The van der Waals surface area contributed by atoms with Crippen LogP contribution in [0.15, 0.2) is 16.6 Å². The van der Waals surface area contributed by atoms with Crippen LogP contribution in [0, 0.1) is 19.3 Å². The van der Waals surface area contributed by atoms with E-state index in [0.717, 1.165) is 0 Å². The van der Waals surface area contributed by atoms with Crippen molar-refractivity contribution in [3.05, 3.63) is 27.7 Å². The molecular weight excluding hydrogens is 274 g/mol. The fourth-order valence-electron chi connectivity index (χ4n) is 3.76. The zero-order valence-electron chi connectivity index (χ0n) is 10.7. The van der Waals surface area contributed by atoms with Crippen LogP contribution in [0.1, 0.15) is 36.8 Å². The van der Waals surface area contributed by atoms with Gasteiger partial charge in [-0.3, -0.25) is 0 Å². The van der Waals surface area contributed by atoms with Crippen molar-refractivity contribution < 1.29 is 0 Å². The molecule has 0 aromatic heterocycles. The lowest BCUT2D eigenvalue weighted by Crippen LogP contribution is -2.55. The van der Waals surface area contributed by atoms with Crippen molar-refractivity contribution in [1.82, 2.24) is 0 Å². The zero-order chi connectivity index (χ0) is 12.0. The molecule has 92 valence electrons. The van der Waals surface area contributed by atoms with Crippen LogP contribution in [0.5, 0.6) is 0 Å². The van der Waals surface area contributed by atoms with Gasteiger partial charge in [0.15, 0.2) is 0 Å². The number of halogens is 1. The standard InChI is InChI=1S/C15H20BrN/c1-11-7-13(16)8-12(2)14(11)17-9-15(10-17)5-3-4-6-15/h7-8H,3-6,9-10H2,1-2H3. The Bertz CT molecular complexity index is 415. The van der Waals surface area contributed by atoms with Crippen molar-refractivity contribution in [2.75, 3.05) is 18.0 Å². The van der Waals surface area contributed by atoms with Gasteiger partial charge in [-0.15, -0.1) is 0 Å². The topological polar surface area (TPSA) is 3.24 Å². The number of nitrogens with zero attached hydrogens (tertiary/aromatic N) is 1. The summed E-state index contributed by atoms with van der Waals surface area (Å²) >= 11 is 3.58. The van der Waals surface area contributed by atoms with Crippen LogP contribution < -0.4 is 4.90 Å². The Kier molecular flexibility index (Phi) is 2.73. The first kappa shape index (κ1) is 11.6. The second kappa shape index (κ2) is 4.01. The average molecular weight is 294 g/mol. The molecule has 17 heavy (non-hydrogen) atoms. The predicted molar refractivity (Wildman–Crippen MR) is 76.7 cm³/mol. The highest BCUT2D eigenvalue weighted by molar-refractivity contribution is 9.10. The molecule has 1 saturated heterocycles. The molecule has 1 saturated carbocycles. The number of hydrogen-bond acceptors (Lipinski definition) is 1. The molecule has 2 heteroatoms. The largest absolute Gasteiger partial charge is 0.370 e. The number of hydrogen-bond donors (Lipinski definition) is 0. The van der Waals surface area contributed by atoms with Gasteiger partial charge in [-0.25, -0.2) is 0 Å². The fourth-order valence-corrected chi connectivity index (χ4v) is 4.45. The number of aryl methyl sites for hydroxylation is 2. The third-order valence-electron chi connectivity index (χ3n) is 4.49. The second-order valence-corrected chi connectivity index (χ2v) is 6.87. The quantitative estimate of drug-likeness (QED) is 0.740. The maximum atomic E-state index is 3.58. The third kappa shape index (κ3) is 1.91. The van der Waals surface area contributed by atoms with Crippen molar-refractivity contribution in [3.63, 3.8) is 0 Å². The van der Waals surface area contributed by atoms with E-state index in [2.05, 4.69) is 46.8 Å². The number of rotatable bonds is 1. The van der Waals surface area contributed by atoms with Gasteiger partial charge in [0.1, 0.15) is 0 Å². The van der Waals surface area contributed by atoms with Crippen molar-refractivity contribution in [2.24, 2.45) is 5.41 Å². The van der Waals surface area contributed by atoms with Gasteiger partial charge in [-0.1, -0.05) is 28.8 Å².